The molecule has 11 heteroatoms. The minimum atomic E-state index is -3.91. The highest BCUT2D eigenvalue weighted by Gasteiger charge is 2.34. The lowest BCUT2D eigenvalue weighted by molar-refractivity contribution is 0.0697. The molecule has 1 aliphatic heterocycles. The van der Waals surface area contributed by atoms with E-state index in [1.165, 1.54) is 27.7 Å². The zero-order chi connectivity index (χ0) is 21.6. The van der Waals surface area contributed by atoms with Crippen LogP contribution >= 0.6 is 0 Å². The maximum atomic E-state index is 13.1. The number of phenols is 1. The number of aromatic amines is 1. The Morgan fingerprint density at radius 1 is 1.20 bits per heavy atom. The van der Waals surface area contributed by atoms with Crippen LogP contribution in [-0.4, -0.2) is 64.8 Å². The molecule has 4 rings (SSSR count). The molecule has 158 valence electrons. The molecular weight excluding hydrogens is 412 g/mol. The van der Waals surface area contributed by atoms with Gasteiger partial charge in [0.05, 0.1) is 11.9 Å². The molecule has 3 heterocycles. The smallest absolute Gasteiger partial charge is 0.262 e. The van der Waals surface area contributed by atoms with Gasteiger partial charge in [0, 0.05) is 26.2 Å². The van der Waals surface area contributed by atoms with Crippen molar-refractivity contribution in [3.8, 4) is 5.75 Å². The van der Waals surface area contributed by atoms with Gasteiger partial charge in [-0.25, -0.2) is 13.4 Å². The number of H-pyrrole nitrogens is 1. The number of rotatable bonds is 3. The third kappa shape index (κ3) is 3.25. The summed E-state index contributed by atoms with van der Waals surface area (Å²) in [7, 11) is -3.91. The molecule has 0 aliphatic carbocycles. The maximum Gasteiger partial charge on any atom is 0.262 e. The number of aryl methyl sites for hydroxylation is 2. The average molecular weight is 432 g/mol. The van der Waals surface area contributed by atoms with E-state index in [0.29, 0.717) is 5.56 Å². The minimum Gasteiger partial charge on any atom is -0.507 e. The van der Waals surface area contributed by atoms with Gasteiger partial charge in [-0.3, -0.25) is 9.59 Å². The van der Waals surface area contributed by atoms with Crippen LogP contribution in [-0.2, 0) is 10.0 Å². The van der Waals surface area contributed by atoms with E-state index in [2.05, 4.69) is 9.97 Å². The first-order valence-corrected chi connectivity index (χ1v) is 10.7. The van der Waals surface area contributed by atoms with Crippen LogP contribution in [0.3, 0.4) is 0 Å². The molecule has 0 spiro atoms. The lowest BCUT2D eigenvalue weighted by atomic mass is 10.1. The normalized spacial score (nSPS) is 15.6. The fraction of sp³-hybridized carbons (Fsp3) is 0.316. The van der Waals surface area contributed by atoms with Crippen molar-refractivity contribution in [2.45, 2.75) is 18.7 Å². The monoisotopic (exact) mass is 432 g/mol. The fourth-order valence-corrected chi connectivity index (χ4v) is 5.16. The van der Waals surface area contributed by atoms with Gasteiger partial charge in [0.2, 0.25) is 15.7 Å². The minimum absolute atomic E-state index is 0.0604. The average Bonchev–Trinajstić information content (AvgIpc) is 3.06. The Bertz CT molecular complexity index is 1300. The number of sulfonamides is 1. The van der Waals surface area contributed by atoms with Gasteiger partial charge in [-0.2, -0.15) is 4.31 Å². The molecule has 1 fully saturated rings. The Kier molecular flexibility index (Phi) is 4.86. The van der Waals surface area contributed by atoms with Crippen LogP contribution in [0, 0.1) is 13.8 Å². The largest absolute Gasteiger partial charge is 0.507 e. The van der Waals surface area contributed by atoms with Gasteiger partial charge < -0.3 is 19.4 Å². The van der Waals surface area contributed by atoms with Crippen molar-refractivity contribution in [2.75, 3.05) is 26.2 Å². The number of aromatic nitrogens is 2. The second kappa shape index (κ2) is 7.26. The Hall–Kier alpha value is -3.18. The van der Waals surface area contributed by atoms with E-state index in [-0.39, 0.29) is 59.2 Å². The van der Waals surface area contributed by atoms with Crippen LogP contribution in [0.15, 0.2) is 38.6 Å². The number of phenolic OH excluding ortho intramolecular Hbond substituents is 1. The Labute approximate surface area is 171 Å². The van der Waals surface area contributed by atoms with Gasteiger partial charge in [-0.05, 0) is 31.5 Å². The first kappa shape index (κ1) is 20.1. The van der Waals surface area contributed by atoms with Crippen molar-refractivity contribution in [3.63, 3.8) is 0 Å². The summed E-state index contributed by atoms with van der Waals surface area (Å²) in [4.78, 5) is 32.9. The molecule has 2 N–H and O–H groups in total. The van der Waals surface area contributed by atoms with E-state index in [1.807, 2.05) is 0 Å². The lowest BCUT2D eigenvalue weighted by Gasteiger charge is -2.34. The molecule has 0 radical (unpaired) electrons. The van der Waals surface area contributed by atoms with E-state index in [1.54, 1.807) is 19.9 Å². The van der Waals surface area contributed by atoms with Gasteiger partial charge in [0.15, 0.2) is 0 Å². The maximum absolute atomic E-state index is 13.1. The Morgan fingerprint density at radius 2 is 1.90 bits per heavy atom. The molecule has 30 heavy (non-hydrogen) atoms. The van der Waals surface area contributed by atoms with Crippen molar-refractivity contribution in [1.29, 1.82) is 0 Å². The number of nitrogens with zero attached hydrogens (tertiary/aromatic N) is 3. The van der Waals surface area contributed by atoms with Crippen LogP contribution < -0.4 is 5.56 Å². The van der Waals surface area contributed by atoms with Crippen LogP contribution in [0.4, 0.5) is 0 Å². The van der Waals surface area contributed by atoms with Gasteiger partial charge in [0.1, 0.15) is 21.8 Å². The number of fused-ring (bicyclic) bond motifs is 1. The number of aromatic hydroxyl groups is 1. The molecule has 1 aromatic carbocycles. The summed E-state index contributed by atoms with van der Waals surface area (Å²) in [5, 5.41) is 10.1. The standard InChI is InChI=1S/C19H20N4O6S/c1-11-3-4-13(24)14(9-11)30(27,28)23-7-5-22(6-8-23)19(26)15-12(2)29-18-16(15)17(25)20-10-21-18/h3-4,9-10,24H,5-8H2,1-2H3,(H,20,21,25). The number of amides is 1. The Balaban J connectivity index is 1.57. The molecule has 0 atom stereocenters. The summed E-state index contributed by atoms with van der Waals surface area (Å²) in [5.74, 6) is -0.453. The summed E-state index contributed by atoms with van der Waals surface area (Å²) in [6.45, 7) is 3.71. The molecular formula is C19H20N4O6S. The van der Waals surface area contributed by atoms with Crippen LogP contribution in [0.25, 0.3) is 11.1 Å². The summed E-state index contributed by atoms with van der Waals surface area (Å²) in [6.07, 6.45) is 1.20. The zero-order valence-corrected chi connectivity index (χ0v) is 17.2. The lowest BCUT2D eigenvalue weighted by Crippen LogP contribution is -2.50. The summed E-state index contributed by atoms with van der Waals surface area (Å²) in [5.41, 5.74) is 0.445. The highest BCUT2D eigenvalue weighted by atomic mass is 32.2. The predicted octanol–water partition coefficient (Wildman–Crippen LogP) is 0.985. The molecule has 1 saturated heterocycles. The molecule has 3 aromatic rings. The van der Waals surface area contributed by atoms with Crippen molar-refractivity contribution in [2.24, 2.45) is 0 Å². The number of carbonyl (C=O) groups is 1. The number of hydrogen-bond donors (Lipinski definition) is 2. The van der Waals surface area contributed by atoms with Crippen molar-refractivity contribution >= 4 is 27.0 Å². The molecule has 10 nitrogen and oxygen atoms in total. The third-order valence-electron chi connectivity index (χ3n) is 5.14. The topological polar surface area (TPSA) is 137 Å². The van der Waals surface area contributed by atoms with Crippen LogP contribution in [0.1, 0.15) is 21.7 Å². The highest BCUT2D eigenvalue weighted by molar-refractivity contribution is 7.89. The van der Waals surface area contributed by atoms with Gasteiger partial charge in [0.25, 0.3) is 11.5 Å². The molecule has 0 bridgehead atoms. The fourth-order valence-electron chi connectivity index (χ4n) is 3.57. The summed E-state index contributed by atoms with van der Waals surface area (Å²) < 4.78 is 32.5. The quantitative estimate of drug-likeness (QED) is 0.629. The third-order valence-corrected chi connectivity index (χ3v) is 7.07. The van der Waals surface area contributed by atoms with Gasteiger partial charge >= 0.3 is 0 Å². The van der Waals surface area contributed by atoms with E-state index < -0.39 is 21.5 Å². The number of piperazine rings is 1. The second-order valence-electron chi connectivity index (χ2n) is 7.11. The number of hydrogen-bond acceptors (Lipinski definition) is 7. The molecule has 2 aromatic heterocycles. The number of furan rings is 1. The summed E-state index contributed by atoms with van der Waals surface area (Å²) in [6, 6.07) is 4.39. The second-order valence-corrected chi connectivity index (χ2v) is 9.02. The van der Waals surface area contributed by atoms with Crippen molar-refractivity contribution < 1.29 is 22.7 Å². The van der Waals surface area contributed by atoms with E-state index in [0.717, 1.165) is 0 Å². The van der Waals surface area contributed by atoms with Gasteiger partial charge in [-0.15, -0.1) is 0 Å². The van der Waals surface area contributed by atoms with Crippen LogP contribution in [0.5, 0.6) is 5.75 Å². The van der Waals surface area contributed by atoms with E-state index >= 15 is 0 Å². The Morgan fingerprint density at radius 3 is 2.60 bits per heavy atom. The summed E-state index contributed by atoms with van der Waals surface area (Å²) >= 11 is 0. The first-order valence-electron chi connectivity index (χ1n) is 9.26. The van der Waals surface area contributed by atoms with Crippen LogP contribution in [0.2, 0.25) is 0 Å². The number of nitrogens with one attached hydrogen (secondary N) is 1. The molecule has 0 saturated carbocycles. The number of benzene rings is 1. The predicted molar refractivity (Wildman–Crippen MR) is 107 cm³/mol. The zero-order valence-electron chi connectivity index (χ0n) is 16.4. The molecule has 0 unspecified atom stereocenters. The van der Waals surface area contributed by atoms with E-state index in [4.69, 9.17) is 4.42 Å². The van der Waals surface area contributed by atoms with E-state index in [9.17, 15) is 23.1 Å². The first-order chi connectivity index (χ1) is 14.2. The van der Waals surface area contributed by atoms with Crippen molar-refractivity contribution in [3.05, 3.63) is 51.8 Å². The molecule has 1 aliphatic rings. The highest BCUT2D eigenvalue weighted by Crippen LogP contribution is 2.28. The number of carbonyl (C=O) groups excluding carboxylic acids is 1. The van der Waals surface area contributed by atoms with Crippen molar-refractivity contribution in [1.82, 2.24) is 19.2 Å². The SMILES string of the molecule is Cc1ccc(O)c(S(=O)(=O)N2CCN(C(=O)c3c(C)oc4nc[nH]c(=O)c34)CC2)c1. The molecule has 1 amide bonds. The van der Waals surface area contributed by atoms with Gasteiger partial charge in [-0.1, -0.05) is 6.07 Å².